The van der Waals surface area contributed by atoms with Gasteiger partial charge in [0.15, 0.2) is 0 Å². The first-order valence-corrected chi connectivity index (χ1v) is 9.50. The molecule has 1 atom stereocenters. The molecule has 8 heteroatoms. The van der Waals surface area contributed by atoms with E-state index in [1.807, 2.05) is 0 Å². The largest absolute Gasteiger partial charge is 0.322 e. The summed E-state index contributed by atoms with van der Waals surface area (Å²) < 4.78 is 25.0. The highest BCUT2D eigenvalue weighted by atomic mass is 35.5. The molecule has 1 fully saturated rings. The van der Waals surface area contributed by atoms with Crippen LogP contribution in [0.15, 0.2) is 48.5 Å². The molecule has 0 aromatic heterocycles. The molecular weight excluding hydrogens is 364 g/mol. The Kier molecular flexibility index (Phi) is 4.53. The van der Waals surface area contributed by atoms with Crippen LogP contribution in [-0.2, 0) is 14.8 Å². The van der Waals surface area contributed by atoms with E-state index in [9.17, 15) is 18.0 Å². The Bertz CT molecular complexity index is 941. The molecule has 1 heterocycles. The molecule has 0 radical (unpaired) electrons. The average Bonchev–Trinajstić information content (AvgIpc) is 2.75. The molecule has 6 nitrogen and oxygen atoms in total. The molecule has 0 unspecified atom stereocenters. The predicted octanol–water partition coefficient (Wildman–Crippen LogP) is 2.90. The van der Waals surface area contributed by atoms with Crippen molar-refractivity contribution in [1.29, 1.82) is 0 Å². The maximum absolute atomic E-state index is 12.2. The van der Waals surface area contributed by atoms with Crippen LogP contribution in [0.25, 0.3) is 0 Å². The first kappa shape index (κ1) is 17.4. The van der Waals surface area contributed by atoms with Crippen LogP contribution in [-0.4, -0.2) is 26.0 Å². The highest BCUT2D eigenvalue weighted by Crippen LogP contribution is 2.28. The number of carbonyl (C=O) groups is 2. The minimum absolute atomic E-state index is 0.206. The number of hydrogen-bond acceptors (Lipinski definition) is 4. The molecule has 3 rings (SSSR count). The van der Waals surface area contributed by atoms with Crippen molar-refractivity contribution in [1.82, 2.24) is 0 Å². The Labute approximate surface area is 150 Å². The number of anilines is 2. The van der Waals surface area contributed by atoms with Crippen LogP contribution in [0.5, 0.6) is 0 Å². The highest BCUT2D eigenvalue weighted by molar-refractivity contribution is 7.94. The zero-order chi connectivity index (χ0) is 18.2. The normalized spacial score (nSPS) is 19.0. The quantitative estimate of drug-likeness (QED) is 0.890. The molecule has 1 aliphatic rings. The minimum Gasteiger partial charge on any atom is -0.322 e. The standard InChI is InChI=1S/C17H15ClN2O4S/c1-11-10-25(23,24)20(17(11)22)15-7-5-12(6-8-15)16(21)19-14-4-2-3-13(18)9-14/h2-9,11H,10H2,1H3,(H,19,21)/t11-/m1/s1. The van der Waals surface area contributed by atoms with Crippen molar-refractivity contribution in [3.05, 3.63) is 59.1 Å². The summed E-state index contributed by atoms with van der Waals surface area (Å²) in [5.41, 5.74) is 1.11. The van der Waals surface area contributed by atoms with E-state index in [1.165, 1.54) is 24.3 Å². The molecule has 1 saturated heterocycles. The van der Waals surface area contributed by atoms with Crippen molar-refractivity contribution in [3.63, 3.8) is 0 Å². The number of carbonyl (C=O) groups excluding carboxylic acids is 2. The van der Waals surface area contributed by atoms with Gasteiger partial charge in [-0.15, -0.1) is 0 Å². The molecule has 2 aromatic carbocycles. The average molecular weight is 379 g/mol. The smallest absolute Gasteiger partial charge is 0.255 e. The number of sulfonamides is 1. The molecule has 130 valence electrons. The van der Waals surface area contributed by atoms with E-state index in [4.69, 9.17) is 11.6 Å². The van der Waals surface area contributed by atoms with E-state index in [0.29, 0.717) is 16.3 Å². The second-order valence-electron chi connectivity index (χ2n) is 5.79. The van der Waals surface area contributed by atoms with Gasteiger partial charge in [0.1, 0.15) is 0 Å². The zero-order valence-corrected chi connectivity index (χ0v) is 14.8. The van der Waals surface area contributed by atoms with E-state index in [2.05, 4.69) is 5.32 Å². The van der Waals surface area contributed by atoms with Gasteiger partial charge in [-0.05, 0) is 42.5 Å². The molecule has 2 aromatic rings. The van der Waals surface area contributed by atoms with Crippen LogP contribution in [0.1, 0.15) is 17.3 Å². The van der Waals surface area contributed by atoms with Gasteiger partial charge < -0.3 is 5.32 Å². The fourth-order valence-corrected chi connectivity index (χ4v) is 4.62. The van der Waals surface area contributed by atoms with Crippen molar-refractivity contribution < 1.29 is 18.0 Å². The second-order valence-corrected chi connectivity index (χ2v) is 8.09. The van der Waals surface area contributed by atoms with Crippen molar-refractivity contribution in [2.75, 3.05) is 15.4 Å². The van der Waals surface area contributed by atoms with Crippen LogP contribution in [0.4, 0.5) is 11.4 Å². The van der Waals surface area contributed by atoms with E-state index >= 15 is 0 Å². The van der Waals surface area contributed by atoms with Crippen molar-refractivity contribution >= 4 is 44.8 Å². The highest BCUT2D eigenvalue weighted by Gasteiger charge is 2.41. The monoisotopic (exact) mass is 378 g/mol. The first-order chi connectivity index (χ1) is 11.8. The Morgan fingerprint density at radius 1 is 1.20 bits per heavy atom. The van der Waals surface area contributed by atoms with Gasteiger partial charge in [-0.1, -0.05) is 24.6 Å². The van der Waals surface area contributed by atoms with Gasteiger partial charge in [0.05, 0.1) is 17.4 Å². The predicted molar refractivity (Wildman–Crippen MR) is 96.3 cm³/mol. The maximum atomic E-state index is 12.2. The van der Waals surface area contributed by atoms with Crippen LogP contribution in [0, 0.1) is 5.92 Å². The van der Waals surface area contributed by atoms with Crippen molar-refractivity contribution in [2.45, 2.75) is 6.92 Å². The molecule has 0 spiro atoms. The molecule has 0 saturated carbocycles. The van der Waals surface area contributed by atoms with Gasteiger partial charge in [-0.2, -0.15) is 0 Å². The van der Waals surface area contributed by atoms with Crippen LogP contribution >= 0.6 is 11.6 Å². The summed E-state index contributed by atoms with van der Waals surface area (Å²) in [6.07, 6.45) is 0. The van der Waals surface area contributed by atoms with E-state index < -0.39 is 21.8 Å². The second kappa shape index (κ2) is 6.50. The summed E-state index contributed by atoms with van der Waals surface area (Å²) in [6.45, 7) is 1.58. The van der Waals surface area contributed by atoms with Gasteiger partial charge in [0, 0.05) is 16.3 Å². The molecule has 0 bridgehead atoms. The van der Waals surface area contributed by atoms with Gasteiger partial charge in [0.2, 0.25) is 15.9 Å². The van der Waals surface area contributed by atoms with Crippen molar-refractivity contribution in [3.8, 4) is 0 Å². The summed E-state index contributed by atoms with van der Waals surface area (Å²) in [7, 11) is -3.66. The number of benzene rings is 2. The fourth-order valence-electron chi connectivity index (χ4n) is 2.60. The van der Waals surface area contributed by atoms with E-state index in [1.54, 1.807) is 31.2 Å². The number of rotatable bonds is 3. The van der Waals surface area contributed by atoms with Crippen LogP contribution < -0.4 is 9.62 Å². The summed E-state index contributed by atoms with van der Waals surface area (Å²) in [5.74, 6) is -1.60. The number of amides is 2. The maximum Gasteiger partial charge on any atom is 0.255 e. The number of nitrogens with one attached hydrogen (secondary N) is 1. The summed E-state index contributed by atoms with van der Waals surface area (Å²) in [4.78, 5) is 24.3. The van der Waals surface area contributed by atoms with E-state index in [0.717, 1.165) is 4.31 Å². The van der Waals surface area contributed by atoms with E-state index in [-0.39, 0.29) is 17.3 Å². The summed E-state index contributed by atoms with van der Waals surface area (Å²) in [5, 5.41) is 3.20. The lowest BCUT2D eigenvalue weighted by atomic mass is 10.1. The van der Waals surface area contributed by atoms with Gasteiger partial charge in [-0.25, -0.2) is 12.7 Å². The Hall–Kier alpha value is -2.38. The molecular formula is C17H15ClN2O4S. The molecule has 25 heavy (non-hydrogen) atoms. The molecule has 1 aliphatic heterocycles. The Morgan fingerprint density at radius 2 is 1.88 bits per heavy atom. The summed E-state index contributed by atoms with van der Waals surface area (Å²) >= 11 is 5.87. The number of halogens is 1. The SMILES string of the molecule is C[C@@H]1CS(=O)(=O)N(c2ccc(C(=O)Nc3cccc(Cl)c3)cc2)C1=O. The lowest BCUT2D eigenvalue weighted by Gasteiger charge is -2.15. The van der Waals surface area contributed by atoms with Crippen molar-refractivity contribution in [2.24, 2.45) is 5.92 Å². The van der Waals surface area contributed by atoms with Gasteiger partial charge in [-0.3, -0.25) is 9.59 Å². The lowest BCUT2D eigenvalue weighted by molar-refractivity contribution is -0.119. The molecule has 0 aliphatic carbocycles. The third-order valence-corrected chi connectivity index (χ3v) is 5.91. The Morgan fingerprint density at radius 3 is 2.44 bits per heavy atom. The fraction of sp³-hybridized carbons (Fsp3) is 0.176. The molecule has 2 amide bonds. The van der Waals surface area contributed by atoms with Crippen LogP contribution in [0.2, 0.25) is 5.02 Å². The first-order valence-electron chi connectivity index (χ1n) is 7.52. The lowest BCUT2D eigenvalue weighted by Crippen LogP contribution is -2.30. The van der Waals surface area contributed by atoms with Crippen LogP contribution in [0.3, 0.4) is 0 Å². The third kappa shape index (κ3) is 3.52. The number of hydrogen-bond donors (Lipinski definition) is 1. The summed E-state index contributed by atoms with van der Waals surface area (Å²) in [6, 6.07) is 12.6. The third-order valence-electron chi connectivity index (χ3n) is 3.81. The molecule has 1 N–H and O–H groups in total. The minimum atomic E-state index is -3.66. The van der Waals surface area contributed by atoms with Gasteiger partial charge in [0.25, 0.3) is 5.91 Å². The topological polar surface area (TPSA) is 83.6 Å². The zero-order valence-electron chi connectivity index (χ0n) is 13.3. The van der Waals surface area contributed by atoms with Gasteiger partial charge >= 0.3 is 0 Å². The number of nitrogens with zero attached hydrogens (tertiary/aromatic N) is 1. The Balaban J connectivity index is 1.81.